The molecule has 0 unspecified atom stereocenters. The molecule has 1 aliphatic rings. The van der Waals surface area contributed by atoms with Gasteiger partial charge in [-0.05, 0) is 24.4 Å². The smallest absolute Gasteiger partial charge is 0.274 e. The van der Waals surface area contributed by atoms with E-state index in [2.05, 4.69) is 11.6 Å². The highest BCUT2D eigenvalue weighted by Gasteiger charge is 2.51. The fourth-order valence-corrected chi connectivity index (χ4v) is 0.761. The fourth-order valence-electron chi connectivity index (χ4n) is 0.606. The Morgan fingerprint density at radius 2 is 2.00 bits per heavy atom. The first-order valence-corrected chi connectivity index (χ1v) is 3.00. The molecule has 1 saturated carbocycles. The Hall–Kier alpha value is -0.180. The van der Waals surface area contributed by atoms with Crippen LogP contribution in [0.2, 0.25) is 0 Å². The summed E-state index contributed by atoms with van der Waals surface area (Å²) < 4.78 is 24.5. The molecular weight excluding hydrogens is 150 g/mol. The maximum Gasteiger partial charge on any atom is 0.322 e. The van der Waals surface area contributed by atoms with Gasteiger partial charge in [0.2, 0.25) is 0 Å². The molecule has 0 amide bonds. The number of rotatable bonds is 2. The van der Waals surface area contributed by atoms with E-state index in [1.807, 2.05) is 0 Å². The highest BCUT2D eigenvalue weighted by atomic mass is 35.5. The van der Waals surface area contributed by atoms with Crippen LogP contribution in [0.25, 0.3) is 0 Å². The molecule has 0 aromatic carbocycles. The predicted octanol–water partition coefficient (Wildman–Crippen LogP) is 1.80. The lowest BCUT2D eigenvalue weighted by atomic mass is 10.2. The van der Waals surface area contributed by atoms with Crippen molar-refractivity contribution >= 4 is 16.8 Å². The fraction of sp³-hybridized carbons (Fsp3) is 0.800. The molecule has 52 valence electrons. The minimum Gasteiger partial charge on any atom is -0.274 e. The molecule has 0 N–H and O–H groups in total. The molecule has 0 spiro atoms. The number of alkyl halides is 2. The quantitative estimate of drug-likeness (QED) is 0.555. The normalized spacial score (nSPS) is 19.9. The number of carbonyl (C=O) groups is 1. The van der Waals surface area contributed by atoms with Crippen LogP contribution < -0.4 is 0 Å². The van der Waals surface area contributed by atoms with E-state index in [1.165, 1.54) is 0 Å². The lowest BCUT2D eigenvalue weighted by molar-refractivity contribution is -0.136. The average Bonchev–Trinajstić information content (AvgIpc) is 2.42. The number of hydrogen-bond donors (Lipinski definition) is 0. The van der Waals surface area contributed by atoms with E-state index in [9.17, 15) is 13.6 Å². The summed E-state index contributed by atoms with van der Waals surface area (Å²) in [5.41, 5.74) is 0. The van der Waals surface area contributed by atoms with Crippen LogP contribution in [-0.2, 0) is 4.79 Å². The van der Waals surface area contributed by atoms with E-state index >= 15 is 0 Å². The van der Waals surface area contributed by atoms with E-state index in [1.54, 1.807) is 0 Å². The van der Waals surface area contributed by atoms with Crippen LogP contribution in [0.1, 0.15) is 12.8 Å². The van der Waals surface area contributed by atoms with Crippen LogP contribution in [0, 0.1) is 5.92 Å². The van der Waals surface area contributed by atoms with E-state index in [0.717, 1.165) is 0 Å². The molecule has 9 heavy (non-hydrogen) atoms. The molecule has 0 atom stereocenters. The molecular formula is C5H5ClF2O. The van der Waals surface area contributed by atoms with Crippen molar-refractivity contribution < 1.29 is 13.6 Å². The third-order valence-corrected chi connectivity index (χ3v) is 1.60. The monoisotopic (exact) mass is 154 g/mol. The largest absolute Gasteiger partial charge is 0.322 e. The molecule has 0 heterocycles. The Kier molecular flexibility index (Phi) is 1.47. The topological polar surface area (TPSA) is 17.1 Å². The van der Waals surface area contributed by atoms with Crippen molar-refractivity contribution in [2.45, 2.75) is 18.8 Å². The van der Waals surface area contributed by atoms with Gasteiger partial charge in [-0.2, -0.15) is 8.78 Å². The molecule has 0 aromatic rings. The molecule has 0 bridgehead atoms. The Morgan fingerprint density at radius 1 is 1.56 bits per heavy atom. The van der Waals surface area contributed by atoms with E-state index in [-0.39, 0.29) is 0 Å². The van der Waals surface area contributed by atoms with Crippen LogP contribution in [-0.4, -0.2) is 11.2 Å². The van der Waals surface area contributed by atoms with Crippen molar-refractivity contribution in [2.24, 2.45) is 5.92 Å². The summed E-state index contributed by atoms with van der Waals surface area (Å²) in [5.74, 6) is -4.04. The summed E-state index contributed by atoms with van der Waals surface area (Å²) in [6.07, 6.45) is 0.844. The van der Waals surface area contributed by atoms with Gasteiger partial charge in [-0.25, -0.2) is 0 Å². The molecule has 1 nitrogen and oxygen atoms in total. The van der Waals surface area contributed by atoms with Gasteiger partial charge in [-0.15, -0.1) is 0 Å². The van der Waals surface area contributed by atoms with Crippen molar-refractivity contribution in [3.05, 3.63) is 0 Å². The number of carbonyl (C=O) groups excluding carboxylic acids is 1. The van der Waals surface area contributed by atoms with Gasteiger partial charge in [-0.1, -0.05) is 0 Å². The Bertz CT molecular complexity index is 142. The maximum atomic E-state index is 12.2. The highest BCUT2D eigenvalue weighted by molar-refractivity contribution is 6.65. The van der Waals surface area contributed by atoms with E-state index in [4.69, 9.17) is 0 Å². The van der Waals surface area contributed by atoms with Gasteiger partial charge in [0.05, 0.1) is 0 Å². The standard InChI is InChI=1S/C5H5ClF2O/c6-4(9)5(7,8)3-1-2-3/h3H,1-2H2. The van der Waals surface area contributed by atoms with Crippen molar-refractivity contribution in [1.82, 2.24) is 0 Å². The zero-order chi connectivity index (χ0) is 7.07. The Morgan fingerprint density at radius 3 is 2.11 bits per heavy atom. The van der Waals surface area contributed by atoms with Crippen LogP contribution in [0.5, 0.6) is 0 Å². The SMILES string of the molecule is O=C(Cl)C(F)(F)C1CC1. The third kappa shape index (κ3) is 1.21. The summed E-state index contributed by atoms with van der Waals surface area (Å²) in [4.78, 5) is 9.96. The Balaban J connectivity index is 2.59. The second kappa shape index (κ2) is 1.90. The minimum absolute atomic E-state index is 0.422. The summed E-state index contributed by atoms with van der Waals surface area (Å²) in [7, 11) is 0. The van der Waals surface area contributed by atoms with Crippen molar-refractivity contribution in [3.8, 4) is 0 Å². The minimum atomic E-state index is -3.26. The summed E-state index contributed by atoms with van der Waals surface area (Å²) in [6, 6.07) is 0. The lowest BCUT2D eigenvalue weighted by Gasteiger charge is -2.07. The van der Waals surface area contributed by atoms with Crippen LogP contribution in [0.3, 0.4) is 0 Å². The second-order valence-corrected chi connectivity index (χ2v) is 2.51. The first-order valence-electron chi connectivity index (χ1n) is 2.63. The molecule has 1 aliphatic carbocycles. The highest BCUT2D eigenvalue weighted by Crippen LogP contribution is 2.44. The predicted molar refractivity (Wildman–Crippen MR) is 28.5 cm³/mol. The molecule has 0 aromatic heterocycles. The molecule has 0 radical (unpaired) electrons. The number of halogens is 3. The Labute approximate surface area is 56.0 Å². The van der Waals surface area contributed by atoms with E-state index < -0.39 is 17.1 Å². The van der Waals surface area contributed by atoms with Gasteiger partial charge in [0.25, 0.3) is 5.24 Å². The van der Waals surface area contributed by atoms with Gasteiger partial charge in [0.1, 0.15) is 0 Å². The van der Waals surface area contributed by atoms with Gasteiger partial charge in [-0.3, -0.25) is 4.79 Å². The zero-order valence-electron chi connectivity index (χ0n) is 4.53. The van der Waals surface area contributed by atoms with Crippen molar-refractivity contribution in [1.29, 1.82) is 0 Å². The number of hydrogen-bond acceptors (Lipinski definition) is 1. The second-order valence-electron chi connectivity index (χ2n) is 2.17. The van der Waals surface area contributed by atoms with Crippen molar-refractivity contribution in [2.75, 3.05) is 0 Å². The summed E-state index contributed by atoms with van der Waals surface area (Å²) in [5, 5.41) is -1.52. The van der Waals surface area contributed by atoms with Crippen LogP contribution in [0.4, 0.5) is 8.78 Å². The van der Waals surface area contributed by atoms with Crippen molar-refractivity contribution in [3.63, 3.8) is 0 Å². The van der Waals surface area contributed by atoms with Crippen LogP contribution in [0.15, 0.2) is 0 Å². The zero-order valence-corrected chi connectivity index (χ0v) is 5.29. The van der Waals surface area contributed by atoms with Gasteiger partial charge in [0, 0.05) is 5.92 Å². The first-order chi connectivity index (χ1) is 4.05. The first kappa shape index (κ1) is 6.93. The molecule has 0 saturated heterocycles. The van der Waals surface area contributed by atoms with Gasteiger partial charge in [0.15, 0.2) is 0 Å². The third-order valence-electron chi connectivity index (χ3n) is 1.35. The molecule has 1 rings (SSSR count). The van der Waals surface area contributed by atoms with Gasteiger partial charge >= 0.3 is 5.92 Å². The molecule has 1 fully saturated rings. The lowest BCUT2D eigenvalue weighted by Crippen LogP contribution is -2.26. The summed E-state index contributed by atoms with van der Waals surface area (Å²) >= 11 is 4.62. The maximum absolute atomic E-state index is 12.2. The average molecular weight is 155 g/mol. The van der Waals surface area contributed by atoms with Gasteiger partial charge < -0.3 is 0 Å². The van der Waals surface area contributed by atoms with Crippen LogP contribution >= 0.6 is 11.6 Å². The molecule has 4 heteroatoms. The van der Waals surface area contributed by atoms with E-state index in [0.29, 0.717) is 12.8 Å². The molecule has 0 aliphatic heterocycles. The summed E-state index contributed by atoms with van der Waals surface area (Å²) in [6.45, 7) is 0.